The molecule has 18 aromatic rings. The Hall–Kier alpha value is -15.2. The fourth-order valence-corrected chi connectivity index (χ4v) is 7.04. The second-order valence-corrected chi connectivity index (χ2v) is 22.2. The first-order chi connectivity index (χ1) is 59.5. The van der Waals surface area contributed by atoms with Crippen molar-refractivity contribution in [3.63, 3.8) is 0 Å². The van der Waals surface area contributed by atoms with Gasteiger partial charge in [-0.3, -0.25) is 29.9 Å². The number of furan rings is 1. The number of thiazole rings is 1. The summed E-state index contributed by atoms with van der Waals surface area (Å²) in [6.45, 7) is 1.67. The summed E-state index contributed by atoms with van der Waals surface area (Å²) in [5.41, 5.74) is 6.83. The Balaban J connectivity index is 0.000000622. The highest BCUT2D eigenvalue weighted by Gasteiger charge is 1.78. The molecule has 0 atom stereocenters. The lowest BCUT2D eigenvalue weighted by Gasteiger charge is -1.70. The number of nitrogens with zero attached hydrogens (tertiary/aromatic N) is 33. The van der Waals surface area contributed by atoms with Gasteiger partial charge >= 0.3 is 0 Å². The number of pyridine rings is 1. The normalized spacial score (nSPS) is 10.0. The third kappa shape index (κ3) is 97.0. The van der Waals surface area contributed by atoms with Gasteiger partial charge in [-0.2, -0.15) is 55.1 Å². The van der Waals surface area contributed by atoms with Gasteiger partial charge in [-0.1, -0.05) is 79.8 Å². The smallest absolute Gasteiger partial charge is 0.213 e. The van der Waals surface area contributed by atoms with Crippen LogP contribution in [0, 0.1) is 0 Å². The van der Waals surface area contributed by atoms with E-state index in [4.69, 9.17) is 0 Å². The zero-order valence-electron chi connectivity index (χ0n) is 62.7. The molecule has 0 radical (unpaired) electrons. The van der Waals surface area contributed by atoms with Gasteiger partial charge in [-0.05, 0) is 119 Å². The highest BCUT2D eigenvalue weighted by Crippen LogP contribution is 1.94. The number of hydrogen-bond donors (Lipinski definition) is 0. The number of thiophene rings is 1. The fourth-order valence-electron chi connectivity index (χ4n) is 4.79. The topological polar surface area (TPSA) is 514 Å². The van der Waals surface area contributed by atoms with Gasteiger partial charge in [0.25, 0.3) is 0 Å². The van der Waals surface area contributed by atoms with Crippen LogP contribution >= 0.6 is 80.3 Å². The molecular formula is C72H77N33O7S7. The minimum atomic E-state index is 0.778. The van der Waals surface area contributed by atoms with E-state index in [1.165, 1.54) is 140 Å². The van der Waals surface area contributed by atoms with E-state index in [0.29, 0.717) is 0 Å². The predicted octanol–water partition coefficient (Wildman–Crippen LogP) is 16.1. The summed E-state index contributed by atoms with van der Waals surface area (Å²) in [6, 6.07) is 22.5. The van der Waals surface area contributed by atoms with Crippen LogP contribution in [-0.2, 0) is 0 Å². The molecule has 0 spiro atoms. The minimum absolute atomic E-state index is 0.778. The van der Waals surface area contributed by atoms with Crippen LogP contribution in [0.5, 0.6) is 0 Å². The average molecular weight is 1740 g/mol. The SMILES string of the molecule is C1=CCC=C1.C1=CCN=C1.C1=CN=CC1.C1=CN=NC1.C1=NN=CC1.c1ccncc1.c1ccnnc1.c1ccoc1.c1ccsc1.c1cnccn1.c1cncnc1.c1cnoc1.c1cnon1.c1cnsc1.c1cnsn1.c1cocn1.c1conn1.c1cscn1.c1csnn1.c1ncon1.c1ncsn1.c1nnco1.c1nncs1. The molecule has 23 rings (SSSR count). The maximum atomic E-state index is 4.58. The van der Waals surface area contributed by atoms with E-state index < -0.39 is 0 Å². The largest absolute Gasteiger partial charge is 0.473 e. The molecule has 614 valence electrons. The van der Waals surface area contributed by atoms with Crippen LogP contribution in [0.4, 0.5) is 0 Å². The Labute approximate surface area is 710 Å². The lowest BCUT2D eigenvalue weighted by molar-refractivity contribution is 0.307. The molecule has 1 aliphatic carbocycles. The second-order valence-electron chi connectivity index (χ2n) is 17.4. The first kappa shape index (κ1) is 102. The molecule has 0 N–H and O–H groups in total. The van der Waals surface area contributed by atoms with Gasteiger partial charge < -0.3 is 26.8 Å². The van der Waals surface area contributed by atoms with Crippen LogP contribution in [0.25, 0.3) is 0 Å². The molecule has 5 aliphatic rings. The highest BCUT2D eigenvalue weighted by molar-refractivity contribution is 7.08. The van der Waals surface area contributed by atoms with E-state index in [1.807, 2.05) is 118 Å². The predicted molar refractivity (Wildman–Crippen MR) is 456 cm³/mol. The number of allylic oxidation sites excluding steroid dienone is 6. The molecule has 0 amide bonds. The number of aliphatic imine (C=N–C) groups is 2. The standard InChI is InChI=1S/C5H5N.C5H6.3C4H4N2.2C4H5N.C4H4O.C4H4S.2C3H4N2.2C3H3NO.2C3H3NS.4C2H2N2O.4C2H2N2S/c1-2-4-6-5-3-1;1-2-4-5-3-1;1-2-6-4-3-5-1;1-2-5-4-6-3-1;1-2-4-6-5-3-1;6*1-2-4-5-3-1;1-2-5-3-4-1;1-2-4-5-3-1;1-2-5-3-4-1;1-2-4-5-3-1;1-3-4-2-5-1;1-3-2-5-4-1;1-2-5-4-3-1;1-2-4-5-3-1;1-3-4-2-5-1;1-3-2-5-4-1;1-2-5-4-3-1;1-2-4-5-3-1/h1-5H;1-4H,5H2;3*1-4H;1,3-4H,2H2;1-3H,4H2;2*1-4H;2-3H,1H2;1-2H,3H2;4*1-3H;8*1-2H. The third-order valence-corrected chi connectivity index (χ3v) is 12.5. The van der Waals surface area contributed by atoms with E-state index in [0.717, 1.165) is 32.4 Å². The molecule has 22 heterocycles. The van der Waals surface area contributed by atoms with Crippen LogP contribution in [0.3, 0.4) is 0 Å². The molecule has 0 saturated carbocycles. The van der Waals surface area contributed by atoms with E-state index in [2.05, 4.69) is 220 Å². The molecule has 0 saturated heterocycles. The Morgan fingerprint density at radius 1 is 0.303 bits per heavy atom. The van der Waals surface area contributed by atoms with Crippen molar-refractivity contribution in [2.45, 2.75) is 19.3 Å². The van der Waals surface area contributed by atoms with E-state index >= 15 is 0 Å². The summed E-state index contributed by atoms with van der Waals surface area (Å²) < 4.78 is 48.5. The fraction of sp³-hybridized carbons (Fsp3) is 0.0694. The summed E-state index contributed by atoms with van der Waals surface area (Å²) in [4.78, 5) is 40.6. The van der Waals surface area contributed by atoms with Crippen LogP contribution < -0.4 is 0 Å². The summed E-state index contributed by atoms with van der Waals surface area (Å²) in [5, 5.41) is 67.6. The van der Waals surface area contributed by atoms with E-state index in [-0.39, 0.29) is 0 Å². The summed E-state index contributed by atoms with van der Waals surface area (Å²) in [6.07, 6.45) is 80.0. The molecule has 0 fully saturated rings. The van der Waals surface area contributed by atoms with Gasteiger partial charge in [0, 0.05) is 146 Å². The zero-order chi connectivity index (χ0) is 84.1. The van der Waals surface area contributed by atoms with Crippen LogP contribution in [0.1, 0.15) is 19.3 Å². The van der Waals surface area contributed by atoms with Gasteiger partial charge in [0.15, 0.2) is 12.7 Å². The number of rotatable bonds is 0. The van der Waals surface area contributed by atoms with Gasteiger partial charge in [0.2, 0.25) is 19.2 Å². The quantitative estimate of drug-likeness (QED) is 0.136. The molecule has 0 aromatic carbocycles. The van der Waals surface area contributed by atoms with E-state index in [9.17, 15) is 0 Å². The van der Waals surface area contributed by atoms with Crippen molar-refractivity contribution in [3.8, 4) is 0 Å². The number of hydrogen-bond acceptors (Lipinski definition) is 47. The van der Waals surface area contributed by atoms with Crippen molar-refractivity contribution in [2.24, 2.45) is 30.4 Å². The van der Waals surface area contributed by atoms with Crippen molar-refractivity contribution in [1.29, 1.82) is 0 Å². The number of aromatic nitrogens is 27. The molecule has 4 aliphatic heterocycles. The van der Waals surface area contributed by atoms with Crippen LogP contribution in [-0.4, -0.2) is 171 Å². The maximum absolute atomic E-state index is 4.58. The molecule has 47 heteroatoms. The first-order valence-corrected chi connectivity index (χ1v) is 39.1. The lowest BCUT2D eigenvalue weighted by Crippen LogP contribution is -1.69. The summed E-state index contributed by atoms with van der Waals surface area (Å²) >= 11 is 10.2. The monoisotopic (exact) mass is 1740 g/mol. The zero-order valence-corrected chi connectivity index (χ0v) is 68.4. The van der Waals surface area contributed by atoms with Crippen molar-refractivity contribution in [1.82, 2.24) is 134 Å². The molecule has 40 nitrogen and oxygen atoms in total. The molecule has 0 unspecified atom stereocenters. The van der Waals surface area contributed by atoms with E-state index in [1.54, 1.807) is 206 Å². The van der Waals surface area contributed by atoms with Gasteiger partial charge in [0.1, 0.15) is 48.0 Å². The summed E-state index contributed by atoms with van der Waals surface area (Å²) in [5.74, 6) is 0. The number of azo groups is 1. The Morgan fingerprint density at radius 2 is 1.05 bits per heavy atom. The minimum Gasteiger partial charge on any atom is -0.473 e. The summed E-state index contributed by atoms with van der Waals surface area (Å²) in [7, 11) is 0. The second kappa shape index (κ2) is 98.9. The van der Waals surface area contributed by atoms with Crippen LogP contribution in [0.15, 0.2) is 444 Å². The third-order valence-electron chi connectivity index (χ3n) is 9.12. The lowest BCUT2D eigenvalue weighted by atomic mass is 10.5. The van der Waals surface area contributed by atoms with Gasteiger partial charge in [-0.15, -0.1) is 53.3 Å². The molecular weight excluding hydrogens is 1660 g/mol. The highest BCUT2D eigenvalue weighted by atomic mass is 32.1. The van der Waals surface area contributed by atoms with Crippen molar-refractivity contribution < 1.29 is 31.4 Å². The van der Waals surface area contributed by atoms with Crippen molar-refractivity contribution in [3.05, 3.63) is 383 Å². The Morgan fingerprint density at radius 3 is 1.24 bits per heavy atom. The van der Waals surface area contributed by atoms with Crippen molar-refractivity contribution >= 4 is 105 Å². The first-order valence-electron chi connectivity index (χ1n) is 33.0. The average Bonchev–Trinajstić information content (AvgIpc) is 3.01. The van der Waals surface area contributed by atoms with Gasteiger partial charge in [-0.25, -0.2) is 33.9 Å². The molecule has 119 heavy (non-hydrogen) atoms. The Kier molecular flexibility index (Phi) is 84.6. The molecule has 0 bridgehead atoms. The Bertz CT molecular complexity index is 3310. The van der Waals surface area contributed by atoms with Gasteiger partial charge in [0.05, 0.1) is 92.4 Å². The van der Waals surface area contributed by atoms with Crippen molar-refractivity contribution in [2.75, 3.05) is 13.1 Å². The maximum Gasteiger partial charge on any atom is 0.213 e. The number of oxazole rings is 1. The molecule has 18 aromatic heterocycles. The van der Waals surface area contributed by atoms with Crippen LogP contribution in [0.2, 0.25) is 0 Å².